The Hall–Kier alpha value is -1.10. The van der Waals surface area contributed by atoms with E-state index in [-0.39, 0.29) is 30.9 Å². The molecule has 0 aromatic carbocycles. The van der Waals surface area contributed by atoms with Gasteiger partial charge in [0.05, 0.1) is 6.54 Å². The minimum absolute atomic E-state index is 0.0630. The molecule has 80 valence electrons. The normalized spacial score (nSPS) is 21.0. The van der Waals surface area contributed by atoms with Crippen LogP contribution in [0.4, 0.5) is 0 Å². The van der Waals surface area contributed by atoms with E-state index >= 15 is 0 Å². The molecule has 1 heterocycles. The van der Waals surface area contributed by atoms with Crippen molar-refractivity contribution in [2.45, 2.75) is 13.3 Å². The third-order valence-electron chi connectivity index (χ3n) is 2.39. The van der Waals surface area contributed by atoms with Crippen molar-refractivity contribution in [3.8, 4) is 0 Å². The third-order valence-corrected chi connectivity index (χ3v) is 2.39. The van der Waals surface area contributed by atoms with Crippen molar-refractivity contribution >= 4 is 11.8 Å². The van der Waals surface area contributed by atoms with Crippen LogP contribution < -0.4 is 5.32 Å². The third kappa shape index (κ3) is 2.99. The Morgan fingerprint density at radius 1 is 1.57 bits per heavy atom. The van der Waals surface area contributed by atoms with Gasteiger partial charge in [0, 0.05) is 32.5 Å². The average molecular weight is 200 g/mol. The summed E-state index contributed by atoms with van der Waals surface area (Å²) in [5, 5.41) is 11.3. The minimum atomic E-state index is -0.198. The quantitative estimate of drug-likeness (QED) is 0.611. The Labute approximate surface area is 83.1 Å². The van der Waals surface area contributed by atoms with E-state index in [9.17, 15) is 9.59 Å². The second kappa shape index (κ2) is 4.95. The zero-order chi connectivity index (χ0) is 10.6. The highest BCUT2D eigenvalue weighted by Crippen LogP contribution is 2.14. The first-order valence-corrected chi connectivity index (χ1v) is 4.76. The van der Waals surface area contributed by atoms with Gasteiger partial charge in [0.2, 0.25) is 11.8 Å². The fourth-order valence-electron chi connectivity index (χ4n) is 1.52. The molecule has 2 amide bonds. The molecule has 1 saturated heterocycles. The number of rotatable bonds is 3. The highest BCUT2D eigenvalue weighted by molar-refractivity contribution is 5.83. The lowest BCUT2D eigenvalue weighted by Gasteiger charge is -2.15. The first-order valence-electron chi connectivity index (χ1n) is 4.76. The molecule has 1 unspecified atom stereocenters. The predicted octanol–water partition coefficient (Wildman–Crippen LogP) is -1.04. The van der Waals surface area contributed by atoms with E-state index in [1.54, 1.807) is 4.90 Å². The maximum absolute atomic E-state index is 11.4. The Morgan fingerprint density at radius 2 is 2.29 bits per heavy atom. The van der Waals surface area contributed by atoms with Crippen molar-refractivity contribution in [2.75, 3.05) is 26.2 Å². The summed E-state index contributed by atoms with van der Waals surface area (Å²) in [7, 11) is 0. The van der Waals surface area contributed by atoms with E-state index in [0.29, 0.717) is 13.1 Å². The zero-order valence-electron chi connectivity index (χ0n) is 8.32. The molecule has 2 N–H and O–H groups in total. The van der Waals surface area contributed by atoms with Gasteiger partial charge in [-0.15, -0.1) is 0 Å². The van der Waals surface area contributed by atoms with Crippen LogP contribution in [0.5, 0.6) is 0 Å². The molecular formula is C9H16N2O3. The Morgan fingerprint density at radius 3 is 2.79 bits per heavy atom. The lowest BCUT2D eigenvalue weighted by atomic mass is 10.1. The lowest BCUT2D eigenvalue weighted by molar-refractivity contribution is -0.131. The average Bonchev–Trinajstić information content (AvgIpc) is 2.62. The monoisotopic (exact) mass is 200 g/mol. The van der Waals surface area contributed by atoms with E-state index in [1.165, 1.54) is 6.92 Å². The van der Waals surface area contributed by atoms with Gasteiger partial charge in [-0.2, -0.15) is 0 Å². The molecule has 5 nitrogen and oxygen atoms in total. The van der Waals surface area contributed by atoms with E-state index in [0.717, 1.165) is 6.42 Å². The maximum atomic E-state index is 11.4. The van der Waals surface area contributed by atoms with Crippen LogP contribution in [0.15, 0.2) is 0 Å². The van der Waals surface area contributed by atoms with Gasteiger partial charge in [-0.1, -0.05) is 0 Å². The van der Waals surface area contributed by atoms with Crippen molar-refractivity contribution in [1.29, 1.82) is 0 Å². The number of hydrogen-bond acceptors (Lipinski definition) is 3. The van der Waals surface area contributed by atoms with Gasteiger partial charge in [0.1, 0.15) is 0 Å². The van der Waals surface area contributed by atoms with Crippen LogP contribution in [-0.2, 0) is 9.59 Å². The van der Waals surface area contributed by atoms with E-state index in [4.69, 9.17) is 5.11 Å². The van der Waals surface area contributed by atoms with Crippen LogP contribution in [0.3, 0.4) is 0 Å². The number of aliphatic hydroxyl groups is 1. The molecule has 0 aromatic heterocycles. The molecule has 5 heteroatoms. The van der Waals surface area contributed by atoms with Crippen LogP contribution in [0, 0.1) is 5.92 Å². The molecule has 1 aliphatic heterocycles. The fourth-order valence-corrected chi connectivity index (χ4v) is 1.52. The number of carbonyl (C=O) groups is 2. The predicted molar refractivity (Wildman–Crippen MR) is 50.5 cm³/mol. The molecule has 0 aliphatic carbocycles. The lowest BCUT2D eigenvalue weighted by Crippen LogP contribution is -2.38. The van der Waals surface area contributed by atoms with Gasteiger partial charge in [0.15, 0.2) is 0 Å². The van der Waals surface area contributed by atoms with Crippen molar-refractivity contribution in [2.24, 2.45) is 5.92 Å². The molecule has 0 aromatic rings. The number of amides is 2. The van der Waals surface area contributed by atoms with E-state index in [1.807, 2.05) is 0 Å². The summed E-state index contributed by atoms with van der Waals surface area (Å²) in [6.45, 7) is 2.86. The second-order valence-electron chi connectivity index (χ2n) is 3.59. The summed E-state index contributed by atoms with van der Waals surface area (Å²) in [4.78, 5) is 23.7. The molecular weight excluding hydrogens is 184 g/mol. The molecule has 14 heavy (non-hydrogen) atoms. The number of nitrogens with zero attached hydrogens (tertiary/aromatic N) is 1. The van der Waals surface area contributed by atoms with E-state index < -0.39 is 0 Å². The Balaban J connectivity index is 2.28. The molecule has 1 atom stereocenters. The largest absolute Gasteiger partial charge is 0.396 e. The molecule has 1 rings (SSSR count). The van der Waals surface area contributed by atoms with Gasteiger partial charge in [-0.25, -0.2) is 0 Å². The topological polar surface area (TPSA) is 69.6 Å². The number of hydrogen-bond donors (Lipinski definition) is 2. The van der Waals surface area contributed by atoms with Crippen molar-refractivity contribution in [1.82, 2.24) is 10.2 Å². The maximum Gasteiger partial charge on any atom is 0.241 e. The summed E-state index contributed by atoms with van der Waals surface area (Å²) < 4.78 is 0. The fraction of sp³-hybridized carbons (Fsp3) is 0.778. The molecule has 1 fully saturated rings. The summed E-state index contributed by atoms with van der Waals surface area (Å²) in [5.74, 6) is -0.0660. The highest BCUT2D eigenvalue weighted by atomic mass is 16.3. The van der Waals surface area contributed by atoms with Gasteiger partial charge in [-0.05, 0) is 6.42 Å². The van der Waals surface area contributed by atoms with Gasteiger partial charge >= 0.3 is 0 Å². The molecule has 1 aliphatic rings. The summed E-state index contributed by atoms with van der Waals surface area (Å²) >= 11 is 0. The smallest absolute Gasteiger partial charge is 0.241 e. The number of aliphatic hydroxyl groups excluding tert-OH is 1. The van der Waals surface area contributed by atoms with Gasteiger partial charge in [0.25, 0.3) is 0 Å². The zero-order valence-corrected chi connectivity index (χ0v) is 8.32. The number of carbonyl (C=O) groups excluding carboxylic acids is 2. The molecule has 0 bridgehead atoms. The standard InChI is InChI=1S/C9H16N2O3/c1-7(13)10-4-9(14)11-3-2-8(5-11)6-12/h8,12H,2-6H2,1H3,(H,10,13). The summed E-state index contributed by atoms with van der Waals surface area (Å²) in [5.41, 5.74) is 0. The Kier molecular flexibility index (Phi) is 3.88. The van der Waals surface area contributed by atoms with Crippen LogP contribution in [0.25, 0.3) is 0 Å². The number of likely N-dealkylation sites (tertiary alicyclic amines) is 1. The summed E-state index contributed by atoms with van der Waals surface area (Å²) in [6, 6.07) is 0. The minimum Gasteiger partial charge on any atom is -0.396 e. The van der Waals surface area contributed by atoms with Crippen molar-refractivity contribution < 1.29 is 14.7 Å². The Bertz CT molecular complexity index is 230. The molecule has 0 saturated carbocycles. The summed E-state index contributed by atoms with van der Waals surface area (Å²) in [6.07, 6.45) is 0.850. The highest BCUT2D eigenvalue weighted by Gasteiger charge is 2.25. The molecule has 0 spiro atoms. The SMILES string of the molecule is CC(=O)NCC(=O)N1CCC(CO)C1. The van der Waals surface area contributed by atoms with Crippen molar-refractivity contribution in [3.05, 3.63) is 0 Å². The van der Waals surface area contributed by atoms with Gasteiger partial charge < -0.3 is 15.3 Å². The van der Waals surface area contributed by atoms with Crippen LogP contribution >= 0.6 is 0 Å². The first kappa shape index (κ1) is 11.0. The van der Waals surface area contributed by atoms with E-state index in [2.05, 4.69) is 5.32 Å². The van der Waals surface area contributed by atoms with Gasteiger partial charge in [-0.3, -0.25) is 9.59 Å². The molecule has 0 radical (unpaired) electrons. The second-order valence-corrected chi connectivity index (χ2v) is 3.59. The van der Waals surface area contributed by atoms with Crippen LogP contribution in [0.1, 0.15) is 13.3 Å². The first-order chi connectivity index (χ1) is 6.63. The van der Waals surface area contributed by atoms with Crippen LogP contribution in [-0.4, -0.2) is 48.1 Å². The van der Waals surface area contributed by atoms with Crippen LogP contribution in [0.2, 0.25) is 0 Å². The van der Waals surface area contributed by atoms with Crippen molar-refractivity contribution in [3.63, 3.8) is 0 Å². The number of nitrogens with one attached hydrogen (secondary N) is 1.